The summed E-state index contributed by atoms with van der Waals surface area (Å²) in [5.74, 6) is -1.39. The van der Waals surface area contributed by atoms with Crippen molar-refractivity contribution < 1.29 is 22.4 Å². The molecule has 0 bridgehead atoms. The van der Waals surface area contributed by atoms with Crippen molar-refractivity contribution in [2.45, 2.75) is 15.9 Å². The molecule has 2 amide bonds. The molecule has 1 aliphatic rings. The smallest absolute Gasteiger partial charge is 0.294 e. The van der Waals surface area contributed by atoms with Gasteiger partial charge in [-0.1, -0.05) is 41.6 Å². The Bertz CT molecular complexity index is 1330. The van der Waals surface area contributed by atoms with Gasteiger partial charge in [-0.05, 0) is 48.5 Å². The lowest BCUT2D eigenvalue weighted by Gasteiger charge is -2.16. The molecule has 1 atom stereocenters. The van der Waals surface area contributed by atoms with Crippen molar-refractivity contribution in [3.63, 3.8) is 0 Å². The molecule has 1 aromatic heterocycles. The van der Waals surface area contributed by atoms with Crippen molar-refractivity contribution in [1.82, 2.24) is 0 Å². The molecule has 0 unspecified atom stereocenters. The number of hydrogen-bond donors (Lipinski definition) is 1. The van der Waals surface area contributed by atoms with E-state index in [4.69, 9.17) is 11.6 Å². The summed E-state index contributed by atoms with van der Waals surface area (Å²) in [5.41, 5.74) is 0.803. The largest absolute Gasteiger partial charge is 0.326 e. The molecule has 1 aliphatic heterocycles. The second-order valence-corrected chi connectivity index (χ2v) is 11.5. The van der Waals surface area contributed by atoms with E-state index in [1.165, 1.54) is 41.3 Å². The molecule has 1 fully saturated rings. The molecule has 3 aromatic rings. The highest BCUT2D eigenvalue weighted by molar-refractivity contribution is 8.16. The molecule has 0 aliphatic carbocycles. The third-order valence-corrected chi connectivity index (χ3v) is 8.67. The topological polar surface area (TPSA) is 95.9 Å². The zero-order valence-electron chi connectivity index (χ0n) is 16.6. The van der Waals surface area contributed by atoms with Gasteiger partial charge in [-0.15, -0.1) is 15.7 Å². The number of thiophene rings is 1. The van der Waals surface area contributed by atoms with E-state index in [-0.39, 0.29) is 15.8 Å². The molecule has 4 rings (SSSR count). The van der Waals surface area contributed by atoms with Crippen LogP contribution in [0.5, 0.6) is 0 Å². The van der Waals surface area contributed by atoms with Crippen molar-refractivity contribution in [2.75, 3.05) is 10.2 Å². The second kappa shape index (κ2) is 9.64. The summed E-state index contributed by atoms with van der Waals surface area (Å²) in [6.07, 6.45) is -0.228. The number of para-hydroxylation sites is 1. The Morgan fingerprint density at radius 3 is 2.42 bits per heavy atom. The molecule has 2 heterocycles. The number of hydrogen-bond acceptors (Lipinski definition) is 6. The monoisotopic (exact) mass is 523 g/mol. The van der Waals surface area contributed by atoms with Crippen LogP contribution >= 0.6 is 34.7 Å². The molecule has 170 valence electrons. The van der Waals surface area contributed by atoms with Crippen LogP contribution in [0, 0.1) is 5.82 Å². The SMILES string of the molecule is O=C(C[C@H]1SC(=NS(=O)(=O)c2ccc(Cl)s2)N(c2ccccc2)C1=O)Nc1ccc(F)cc1. The van der Waals surface area contributed by atoms with Crippen molar-refractivity contribution >= 4 is 73.1 Å². The summed E-state index contributed by atoms with van der Waals surface area (Å²) < 4.78 is 42.8. The van der Waals surface area contributed by atoms with E-state index in [1.807, 2.05) is 0 Å². The number of carbonyl (C=O) groups excluding carboxylic acids is 2. The Labute approximate surface area is 202 Å². The van der Waals surface area contributed by atoms with Crippen molar-refractivity contribution in [1.29, 1.82) is 0 Å². The molecule has 12 heteroatoms. The van der Waals surface area contributed by atoms with Gasteiger partial charge in [0.05, 0.1) is 10.0 Å². The van der Waals surface area contributed by atoms with E-state index in [9.17, 15) is 22.4 Å². The number of benzene rings is 2. The molecular formula is C21H15ClFN3O4S3. The minimum absolute atomic E-state index is 0.0569. The number of halogens is 2. The number of nitrogens with one attached hydrogen (secondary N) is 1. The highest BCUT2D eigenvalue weighted by atomic mass is 35.5. The number of anilines is 2. The first kappa shape index (κ1) is 23.4. The van der Waals surface area contributed by atoms with Crippen LogP contribution in [0.3, 0.4) is 0 Å². The van der Waals surface area contributed by atoms with E-state index >= 15 is 0 Å². The molecule has 0 radical (unpaired) electrons. The fourth-order valence-corrected chi connectivity index (χ4v) is 6.77. The van der Waals surface area contributed by atoms with Gasteiger partial charge in [-0.25, -0.2) is 4.39 Å². The normalized spacial score (nSPS) is 17.5. The average Bonchev–Trinajstić information content (AvgIpc) is 3.34. The van der Waals surface area contributed by atoms with E-state index in [2.05, 4.69) is 9.71 Å². The predicted molar refractivity (Wildman–Crippen MR) is 129 cm³/mol. The van der Waals surface area contributed by atoms with Crippen molar-refractivity contribution in [3.8, 4) is 0 Å². The standard InChI is InChI=1S/C21H15ClFN3O4S3/c22-17-10-11-19(32-17)33(29,30)25-21-26(15-4-2-1-3-5-15)20(28)16(31-21)12-18(27)24-14-8-6-13(23)7-9-14/h1-11,16H,12H2,(H,24,27)/t16-/m1/s1. The first-order valence-corrected chi connectivity index (χ1v) is 13.0. The van der Waals surface area contributed by atoms with E-state index in [0.29, 0.717) is 15.7 Å². The van der Waals surface area contributed by atoms with E-state index in [1.54, 1.807) is 30.3 Å². The lowest BCUT2D eigenvalue weighted by atomic mass is 10.2. The van der Waals surface area contributed by atoms with Gasteiger partial charge in [0.15, 0.2) is 5.17 Å². The number of nitrogens with zero attached hydrogens (tertiary/aromatic N) is 2. The fourth-order valence-electron chi connectivity index (χ4n) is 2.97. The second-order valence-electron chi connectivity index (χ2n) is 6.78. The van der Waals surface area contributed by atoms with Crippen LogP contribution in [0.15, 0.2) is 75.3 Å². The first-order valence-electron chi connectivity index (χ1n) is 9.44. The number of amidine groups is 1. The minimum atomic E-state index is -4.12. The molecule has 7 nitrogen and oxygen atoms in total. The van der Waals surface area contributed by atoms with Gasteiger partial charge >= 0.3 is 0 Å². The summed E-state index contributed by atoms with van der Waals surface area (Å²) in [7, 11) is -4.12. The van der Waals surface area contributed by atoms with Gasteiger partial charge in [0.2, 0.25) is 11.8 Å². The van der Waals surface area contributed by atoms with Gasteiger partial charge in [-0.2, -0.15) is 8.42 Å². The summed E-state index contributed by atoms with van der Waals surface area (Å²) in [6.45, 7) is 0. The Hall–Kier alpha value is -2.73. The van der Waals surface area contributed by atoms with Gasteiger partial charge in [0.25, 0.3) is 10.0 Å². The highest BCUT2D eigenvalue weighted by Gasteiger charge is 2.41. The lowest BCUT2D eigenvalue weighted by Crippen LogP contribution is -2.33. The maximum absolute atomic E-state index is 13.2. The predicted octanol–water partition coefficient (Wildman–Crippen LogP) is 4.76. The molecule has 0 spiro atoms. The molecule has 1 saturated heterocycles. The minimum Gasteiger partial charge on any atom is -0.326 e. The maximum Gasteiger partial charge on any atom is 0.294 e. The third kappa shape index (κ3) is 5.44. The highest BCUT2D eigenvalue weighted by Crippen LogP contribution is 2.36. The number of thioether (sulfide) groups is 1. The van der Waals surface area contributed by atoms with Crippen LogP contribution in [-0.2, 0) is 19.6 Å². The summed E-state index contributed by atoms with van der Waals surface area (Å²) in [4.78, 5) is 26.8. The first-order chi connectivity index (χ1) is 15.7. The van der Waals surface area contributed by atoms with Gasteiger partial charge < -0.3 is 5.32 Å². The molecule has 33 heavy (non-hydrogen) atoms. The quantitative estimate of drug-likeness (QED) is 0.502. The van der Waals surface area contributed by atoms with Crippen molar-refractivity contribution in [2.24, 2.45) is 4.40 Å². The summed E-state index contributed by atoms with van der Waals surface area (Å²) in [5, 5.41) is 1.65. The zero-order chi connectivity index (χ0) is 23.6. The molecule has 0 saturated carbocycles. The van der Waals surface area contributed by atoms with Gasteiger partial charge in [-0.3, -0.25) is 14.5 Å². The lowest BCUT2D eigenvalue weighted by molar-refractivity contribution is -0.121. The van der Waals surface area contributed by atoms with Crippen molar-refractivity contribution in [3.05, 3.63) is 76.9 Å². The molecule has 2 aromatic carbocycles. The third-order valence-electron chi connectivity index (χ3n) is 4.45. The number of rotatable bonds is 6. The van der Waals surface area contributed by atoms with Crippen LogP contribution in [-0.4, -0.2) is 30.6 Å². The molecular weight excluding hydrogens is 509 g/mol. The average molecular weight is 524 g/mol. The van der Waals surface area contributed by atoms with Crippen LogP contribution in [0.4, 0.5) is 15.8 Å². The van der Waals surface area contributed by atoms with Crippen LogP contribution in [0.2, 0.25) is 4.34 Å². The Morgan fingerprint density at radius 1 is 1.09 bits per heavy atom. The zero-order valence-corrected chi connectivity index (χ0v) is 19.8. The number of amides is 2. The Kier molecular flexibility index (Phi) is 6.84. The molecule has 1 N–H and O–H groups in total. The Morgan fingerprint density at radius 2 is 1.79 bits per heavy atom. The van der Waals surface area contributed by atoms with E-state index < -0.39 is 32.9 Å². The maximum atomic E-state index is 13.2. The summed E-state index contributed by atoms with van der Waals surface area (Å²) >= 11 is 7.60. The summed E-state index contributed by atoms with van der Waals surface area (Å²) in [6, 6.07) is 16.4. The number of carbonyl (C=O) groups is 2. The van der Waals surface area contributed by atoms with Gasteiger partial charge in [0.1, 0.15) is 15.3 Å². The Balaban J connectivity index is 1.61. The fraction of sp³-hybridized carbons (Fsp3) is 0.0952. The van der Waals surface area contributed by atoms with Crippen LogP contribution in [0.25, 0.3) is 0 Å². The number of sulfonamides is 1. The van der Waals surface area contributed by atoms with Crippen LogP contribution in [0.1, 0.15) is 6.42 Å². The van der Waals surface area contributed by atoms with E-state index in [0.717, 1.165) is 23.1 Å². The van der Waals surface area contributed by atoms with Crippen LogP contribution < -0.4 is 10.2 Å². The van der Waals surface area contributed by atoms with Gasteiger partial charge in [0, 0.05) is 12.1 Å².